The normalized spacial score (nSPS) is 20.4. The van der Waals surface area contributed by atoms with E-state index in [2.05, 4.69) is 4.90 Å². The molecule has 0 amide bonds. The maximum Gasteiger partial charge on any atom is 0.303 e. The van der Waals surface area contributed by atoms with Crippen LogP contribution < -0.4 is 0 Å². The molecule has 1 fully saturated rings. The minimum absolute atomic E-state index is 0.0210. The topological polar surface area (TPSA) is 49.8 Å². The summed E-state index contributed by atoms with van der Waals surface area (Å²) >= 11 is 6.17. The molecule has 0 radical (unpaired) electrons. The molecular formula is C14H18ClNO3. The van der Waals surface area contributed by atoms with Crippen molar-refractivity contribution in [2.75, 3.05) is 26.2 Å². The number of ether oxygens (including phenoxy) is 1. The zero-order chi connectivity index (χ0) is 13.7. The van der Waals surface area contributed by atoms with Crippen molar-refractivity contribution in [3.8, 4) is 0 Å². The Balaban J connectivity index is 1.90. The van der Waals surface area contributed by atoms with Crippen molar-refractivity contribution in [1.29, 1.82) is 0 Å². The van der Waals surface area contributed by atoms with Crippen LogP contribution in [0.2, 0.25) is 5.02 Å². The molecule has 5 heteroatoms. The largest absolute Gasteiger partial charge is 0.481 e. The van der Waals surface area contributed by atoms with Crippen LogP contribution in [0.5, 0.6) is 0 Å². The second kappa shape index (κ2) is 6.89. The molecule has 1 aliphatic rings. The number of halogens is 1. The van der Waals surface area contributed by atoms with Crippen LogP contribution in [0.1, 0.15) is 24.5 Å². The van der Waals surface area contributed by atoms with Crippen molar-refractivity contribution < 1.29 is 14.6 Å². The van der Waals surface area contributed by atoms with Gasteiger partial charge in [0.15, 0.2) is 0 Å². The van der Waals surface area contributed by atoms with Crippen molar-refractivity contribution in [1.82, 2.24) is 4.90 Å². The van der Waals surface area contributed by atoms with Crippen molar-refractivity contribution in [2.24, 2.45) is 0 Å². The number of hydrogen-bond donors (Lipinski definition) is 1. The summed E-state index contributed by atoms with van der Waals surface area (Å²) in [6, 6.07) is 7.70. The predicted molar refractivity (Wildman–Crippen MR) is 73.5 cm³/mol. The summed E-state index contributed by atoms with van der Waals surface area (Å²) in [6.07, 6.45) is 0.867. The molecule has 0 bridgehead atoms. The fraction of sp³-hybridized carbons (Fsp3) is 0.500. The van der Waals surface area contributed by atoms with Crippen molar-refractivity contribution in [3.05, 3.63) is 34.9 Å². The van der Waals surface area contributed by atoms with Gasteiger partial charge in [0.2, 0.25) is 0 Å². The number of rotatable bonds is 5. The van der Waals surface area contributed by atoms with Gasteiger partial charge in [-0.2, -0.15) is 0 Å². The van der Waals surface area contributed by atoms with Crippen LogP contribution in [0.4, 0.5) is 0 Å². The highest BCUT2D eigenvalue weighted by Crippen LogP contribution is 2.28. The molecule has 1 aromatic carbocycles. The summed E-state index contributed by atoms with van der Waals surface area (Å²) in [5.41, 5.74) is 1.01. The van der Waals surface area contributed by atoms with E-state index in [1.807, 2.05) is 24.3 Å². The molecule has 1 N–H and O–H groups in total. The highest BCUT2D eigenvalue weighted by Gasteiger charge is 2.23. The molecule has 0 spiro atoms. The van der Waals surface area contributed by atoms with Crippen molar-refractivity contribution in [3.63, 3.8) is 0 Å². The first-order chi connectivity index (χ1) is 9.16. The maximum absolute atomic E-state index is 10.5. The third-order valence-electron chi connectivity index (χ3n) is 3.27. The standard InChI is InChI=1S/C14H18ClNO3/c15-12-5-2-1-4-11(12)13-10-16(8-9-19-13)7-3-6-14(17)18/h1-2,4-5,13H,3,6-10H2,(H,17,18)/t13-/m1/s1. The van der Waals surface area contributed by atoms with Gasteiger partial charge in [-0.05, 0) is 19.0 Å². The number of benzene rings is 1. The molecule has 104 valence electrons. The van der Waals surface area contributed by atoms with Gasteiger partial charge in [0.25, 0.3) is 0 Å². The second-order valence-electron chi connectivity index (χ2n) is 4.68. The Hall–Kier alpha value is -1.10. The lowest BCUT2D eigenvalue weighted by Gasteiger charge is -2.33. The van der Waals surface area contributed by atoms with Crippen molar-refractivity contribution >= 4 is 17.6 Å². The number of carboxylic acid groups (broad SMARTS) is 1. The molecule has 1 aliphatic heterocycles. The number of morpholine rings is 1. The second-order valence-corrected chi connectivity index (χ2v) is 5.09. The molecule has 1 atom stereocenters. The molecule has 1 aromatic rings. The molecule has 0 saturated carbocycles. The SMILES string of the molecule is O=C(O)CCCN1CCO[C@@H](c2ccccc2Cl)C1. The average molecular weight is 284 g/mol. The van der Waals surface area contributed by atoms with Crippen LogP contribution in [-0.2, 0) is 9.53 Å². The van der Waals surface area contributed by atoms with Gasteiger partial charge in [-0.15, -0.1) is 0 Å². The van der Waals surface area contributed by atoms with E-state index in [9.17, 15) is 4.79 Å². The molecule has 0 aliphatic carbocycles. The van der Waals surface area contributed by atoms with Gasteiger partial charge in [0.05, 0.1) is 12.7 Å². The van der Waals surface area contributed by atoms with E-state index in [0.29, 0.717) is 13.0 Å². The number of carbonyl (C=O) groups is 1. The highest BCUT2D eigenvalue weighted by atomic mass is 35.5. The molecule has 1 saturated heterocycles. The number of hydrogen-bond acceptors (Lipinski definition) is 3. The summed E-state index contributed by atoms with van der Waals surface area (Å²) in [4.78, 5) is 12.7. The van der Waals surface area contributed by atoms with Crippen LogP contribution in [-0.4, -0.2) is 42.2 Å². The molecule has 2 rings (SSSR count). The Bertz CT molecular complexity index is 438. The summed E-state index contributed by atoms with van der Waals surface area (Å²) in [7, 11) is 0. The van der Waals surface area contributed by atoms with E-state index < -0.39 is 5.97 Å². The Morgan fingerprint density at radius 1 is 1.47 bits per heavy atom. The third-order valence-corrected chi connectivity index (χ3v) is 3.61. The predicted octanol–water partition coefficient (Wildman–Crippen LogP) is 2.58. The van der Waals surface area contributed by atoms with Gasteiger partial charge in [0.1, 0.15) is 0 Å². The first-order valence-corrected chi connectivity index (χ1v) is 6.85. The number of carboxylic acids is 1. The van der Waals surface area contributed by atoms with E-state index in [0.717, 1.165) is 30.2 Å². The number of aliphatic carboxylic acids is 1. The Morgan fingerprint density at radius 3 is 3.00 bits per heavy atom. The highest BCUT2D eigenvalue weighted by molar-refractivity contribution is 6.31. The maximum atomic E-state index is 10.5. The molecular weight excluding hydrogens is 266 g/mol. The lowest BCUT2D eigenvalue weighted by Crippen LogP contribution is -2.39. The minimum Gasteiger partial charge on any atom is -0.481 e. The fourth-order valence-electron chi connectivity index (χ4n) is 2.28. The van der Waals surface area contributed by atoms with Crippen LogP contribution in [0.25, 0.3) is 0 Å². The zero-order valence-corrected chi connectivity index (χ0v) is 11.5. The quantitative estimate of drug-likeness (QED) is 0.902. The van der Waals surface area contributed by atoms with E-state index in [4.69, 9.17) is 21.4 Å². The molecule has 19 heavy (non-hydrogen) atoms. The van der Waals surface area contributed by atoms with Crippen LogP contribution >= 0.6 is 11.6 Å². The lowest BCUT2D eigenvalue weighted by atomic mass is 10.1. The summed E-state index contributed by atoms with van der Waals surface area (Å²) in [5, 5.41) is 9.37. The fourth-order valence-corrected chi connectivity index (χ4v) is 2.54. The molecule has 1 heterocycles. The van der Waals surface area contributed by atoms with E-state index in [1.54, 1.807) is 0 Å². The Kier molecular flexibility index (Phi) is 5.19. The van der Waals surface area contributed by atoms with Crippen molar-refractivity contribution in [2.45, 2.75) is 18.9 Å². The van der Waals surface area contributed by atoms with Gasteiger partial charge >= 0.3 is 5.97 Å². The van der Waals surface area contributed by atoms with Gasteiger partial charge in [0, 0.05) is 30.1 Å². The molecule has 0 aromatic heterocycles. The average Bonchev–Trinajstić information content (AvgIpc) is 2.39. The zero-order valence-electron chi connectivity index (χ0n) is 10.7. The van der Waals surface area contributed by atoms with Gasteiger partial charge < -0.3 is 9.84 Å². The van der Waals surface area contributed by atoms with Gasteiger partial charge in [-0.3, -0.25) is 9.69 Å². The smallest absolute Gasteiger partial charge is 0.303 e. The van der Waals surface area contributed by atoms with E-state index in [1.165, 1.54) is 0 Å². The third kappa shape index (κ3) is 4.20. The summed E-state index contributed by atoms with van der Waals surface area (Å²) in [5.74, 6) is -0.740. The van der Waals surface area contributed by atoms with Gasteiger partial charge in [-0.25, -0.2) is 0 Å². The first-order valence-electron chi connectivity index (χ1n) is 6.47. The summed E-state index contributed by atoms with van der Waals surface area (Å²) < 4.78 is 5.76. The van der Waals surface area contributed by atoms with E-state index >= 15 is 0 Å². The van der Waals surface area contributed by atoms with Crippen LogP contribution in [0, 0.1) is 0 Å². The summed E-state index contributed by atoms with van der Waals surface area (Å²) in [6.45, 7) is 3.06. The first kappa shape index (κ1) is 14.3. The van der Waals surface area contributed by atoms with Crippen LogP contribution in [0.3, 0.4) is 0 Å². The monoisotopic (exact) mass is 283 g/mol. The van der Waals surface area contributed by atoms with E-state index in [-0.39, 0.29) is 12.5 Å². The molecule has 0 unspecified atom stereocenters. The Morgan fingerprint density at radius 2 is 2.26 bits per heavy atom. The molecule has 4 nitrogen and oxygen atoms in total. The minimum atomic E-state index is -0.740. The Labute approximate surface area is 117 Å². The van der Waals surface area contributed by atoms with Gasteiger partial charge in [-0.1, -0.05) is 29.8 Å². The number of nitrogens with zero attached hydrogens (tertiary/aromatic N) is 1. The lowest BCUT2D eigenvalue weighted by molar-refractivity contribution is -0.137. The van der Waals surface area contributed by atoms with Crippen LogP contribution in [0.15, 0.2) is 24.3 Å².